The summed E-state index contributed by atoms with van der Waals surface area (Å²) in [7, 11) is 0. The van der Waals surface area contributed by atoms with Gasteiger partial charge >= 0.3 is 37.7 Å². The van der Waals surface area contributed by atoms with Crippen LogP contribution in [0.1, 0.15) is 52.4 Å². The van der Waals surface area contributed by atoms with Gasteiger partial charge in [0.2, 0.25) is 0 Å². The van der Waals surface area contributed by atoms with Crippen molar-refractivity contribution in [3.05, 3.63) is 71.3 Å². The smallest absolute Gasteiger partial charge is 0.875 e. The molecule has 0 heterocycles. The van der Waals surface area contributed by atoms with E-state index in [0.717, 1.165) is 36.8 Å². The molecule has 0 atom stereocenters. The van der Waals surface area contributed by atoms with E-state index in [9.17, 15) is 10.2 Å². The van der Waals surface area contributed by atoms with Crippen LogP contribution < -0.4 is 10.2 Å². The fourth-order valence-corrected chi connectivity index (χ4v) is 2.28. The van der Waals surface area contributed by atoms with E-state index in [2.05, 4.69) is 13.8 Å². The fourth-order valence-electron chi connectivity index (χ4n) is 2.28. The molecule has 0 unspecified atom stereocenters. The van der Waals surface area contributed by atoms with Crippen molar-refractivity contribution in [3.63, 3.8) is 0 Å². The van der Waals surface area contributed by atoms with Crippen molar-refractivity contribution in [1.82, 2.24) is 0 Å². The predicted octanol–water partition coefficient (Wildman–Crippen LogP) is 3.45. The third-order valence-corrected chi connectivity index (χ3v) is 3.45. The summed E-state index contributed by atoms with van der Waals surface area (Å²) in [5.74, 6) is 0.550. The van der Waals surface area contributed by atoms with Crippen LogP contribution >= 0.6 is 0 Å². The van der Waals surface area contributed by atoms with E-state index in [1.807, 2.05) is 48.6 Å². The van der Waals surface area contributed by atoms with Gasteiger partial charge in [-0.25, -0.2) is 0 Å². The van der Waals surface area contributed by atoms with Crippen LogP contribution in [0.25, 0.3) is 0 Å². The van der Waals surface area contributed by atoms with Crippen molar-refractivity contribution in [2.24, 2.45) is 0 Å². The molecule has 2 aliphatic carbocycles. The first-order chi connectivity index (χ1) is 10.7. The van der Waals surface area contributed by atoms with E-state index >= 15 is 0 Å². The molecule has 0 radical (unpaired) electrons. The second kappa shape index (κ2) is 13.7. The first-order valence-electron chi connectivity index (χ1n) is 8.13. The normalized spacial score (nSPS) is 16.4. The maximum atomic E-state index is 11.3. The molecule has 0 spiro atoms. The first kappa shape index (κ1) is 22.3. The van der Waals surface area contributed by atoms with Gasteiger partial charge in [0.1, 0.15) is 0 Å². The van der Waals surface area contributed by atoms with Crippen molar-refractivity contribution in [1.29, 1.82) is 0 Å². The minimum atomic E-state index is 0. The molecule has 0 bridgehead atoms. The van der Waals surface area contributed by atoms with Crippen LogP contribution in [0.3, 0.4) is 0 Å². The Morgan fingerprint density at radius 1 is 0.739 bits per heavy atom. The van der Waals surface area contributed by atoms with Gasteiger partial charge in [-0.05, 0) is 25.7 Å². The van der Waals surface area contributed by atoms with E-state index < -0.39 is 0 Å². The zero-order valence-electron chi connectivity index (χ0n) is 14.4. The topological polar surface area (TPSA) is 46.1 Å². The van der Waals surface area contributed by atoms with Crippen LogP contribution in [-0.2, 0) is 0 Å². The van der Waals surface area contributed by atoms with E-state index in [0.29, 0.717) is 12.8 Å². The van der Waals surface area contributed by atoms with Gasteiger partial charge in [-0.1, -0.05) is 86.4 Å². The molecule has 0 saturated heterocycles. The number of allylic oxidation sites excluding steroid dienone is 10. The van der Waals surface area contributed by atoms with Crippen LogP contribution in [-0.4, -0.2) is 37.7 Å². The molecule has 0 aromatic carbocycles. The molecule has 0 aromatic heterocycles. The van der Waals surface area contributed by atoms with Crippen LogP contribution in [0.2, 0.25) is 0 Å². The average molecular weight is 339 g/mol. The van der Waals surface area contributed by atoms with Crippen LogP contribution in [0.4, 0.5) is 0 Å². The molecule has 0 aromatic rings. The van der Waals surface area contributed by atoms with Crippen molar-refractivity contribution >= 4 is 37.7 Å². The summed E-state index contributed by atoms with van der Waals surface area (Å²) in [4.78, 5) is 0. The molecule has 23 heavy (non-hydrogen) atoms. The Hall–Kier alpha value is -0.700. The molecule has 0 saturated carbocycles. The summed E-state index contributed by atoms with van der Waals surface area (Å²) in [6.45, 7) is 4.18. The quantitative estimate of drug-likeness (QED) is 0.737. The predicted molar refractivity (Wildman–Crippen MR) is 95.4 cm³/mol. The molecule has 0 N–H and O–H groups in total. The SMILES string of the molecule is CCCC1=C([O-])CC=CC=C1.CCCC1=C([O-])CC=CC=C1.[Ca+2]. The second-order valence-electron chi connectivity index (χ2n) is 5.38. The van der Waals surface area contributed by atoms with E-state index in [-0.39, 0.29) is 49.3 Å². The minimum absolute atomic E-state index is 0. The fraction of sp³-hybridized carbons (Fsp3) is 0.400. The summed E-state index contributed by atoms with van der Waals surface area (Å²) in [5.41, 5.74) is 1.94. The second-order valence-corrected chi connectivity index (χ2v) is 5.38. The Labute approximate surface area is 170 Å². The van der Waals surface area contributed by atoms with E-state index in [4.69, 9.17) is 0 Å². The minimum Gasteiger partial charge on any atom is -0.875 e. The summed E-state index contributed by atoms with van der Waals surface area (Å²) >= 11 is 0. The molecule has 2 aliphatic rings. The number of hydrogen-bond donors (Lipinski definition) is 0. The van der Waals surface area contributed by atoms with Gasteiger partial charge in [-0.3, -0.25) is 0 Å². The summed E-state index contributed by atoms with van der Waals surface area (Å²) in [5, 5.41) is 22.5. The third kappa shape index (κ3) is 9.24. The summed E-state index contributed by atoms with van der Waals surface area (Å²) in [6, 6.07) is 0. The number of hydrogen-bond acceptors (Lipinski definition) is 2. The van der Waals surface area contributed by atoms with Gasteiger partial charge < -0.3 is 10.2 Å². The van der Waals surface area contributed by atoms with Gasteiger partial charge in [-0.15, -0.1) is 11.5 Å². The van der Waals surface area contributed by atoms with E-state index in [1.54, 1.807) is 0 Å². The summed E-state index contributed by atoms with van der Waals surface area (Å²) in [6.07, 6.45) is 20.5. The van der Waals surface area contributed by atoms with Crippen molar-refractivity contribution in [3.8, 4) is 0 Å². The Balaban J connectivity index is 0.000000403. The summed E-state index contributed by atoms with van der Waals surface area (Å²) < 4.78 is 0. The molecule has 0 amide bonds. The molecule has 0 aliphatic heterocycles. The Bertz CT molecular complexity index is 472. The van der Waals surface area contributed by atoms with Gasteiger partial charge in [-0.2, -0.15) is 0 Å². The zero-order chi connectivity index (χ0) is 16.2. The molecule has 3 heteroatoms. The average Bonchev–Trinajstić information content (AvgIpc) is 2.83. The first-order valence-corrected chi connectivity index (χ1v) is 8.13. The van der Waals surface area contributed by atoms with Crippen molar-refractivity contribution < 1.29 is 10.2 Å². The molecular formula is C20H26CaO2. The molecule has 2 rings (SSSR count). The van der Waals surface area contributed by atoms with Gasteiger partial charge in [0.25, 0.3) is 0 Å². The molecule has 120 valence electrons. The van der Waals surface area contributed by atoms with Gasteiger partial charge in [0, 0.05) is 0 Å². The van der Waals surface area contributed by atoms with E-state index in [1.165, 1.54) is 0 Å². The van der Waals surface area contributed by atoms with Crippen molar-refractivity contribution in [2.45, 2.75) is 52.4 Å². The Kier molecular flexibility index (Phi) is 13.3. The van der Waals surface area contributed by atoms with Crippen LogP contribution in [0.15, 0.2) is 71.3 Å². The Morgan fingerprint density at radius 2 is 1.13 bits per heavy atom. The van der Waals surface area contributed by atoms with Crippen LogP contribution in [0, 0.1) is 0 Å². The van der Waals surface area contributed by atoms with Crippen LogP contribution in [0.5, 0.6) is 0 Å². The largest absolute Gasteiger partial charge is 2.00 e. The van der Waals surface area contributed by atoms with Gasteiger partial charge in [0.05, 0.1) is 0 Å². The number of rotatable bonds is 4. The molecular weight excluding hydrogens is 312 g/mol. The zero-order valence-corrected chi connectivity index (χ0v) is 16.6. The molecule has 2 nitrogen and oxygen atoms in total. The maximum absolute atomic E-state index is 11.3. The Morgan fingerprint density at radius 3 is 1.48 bits per heavy atom. The van der Waals surface area contributed by atoms with Crippen molar-refractivity contribution in [2.75, 3.05) is 0 Å². The molecule has 0 fully saturated rings. The standard InChI is InChI=1S/2C10H14O.Ca/c2*1-2-6-9-7-4-3-5-8-10(9)11;/h2*3-5,7,11H,2,6,8H2,1H3;/q;;+2/p-2. The van der Waals surface area contributed by atoms with Gasteiger partial charge in [0.15, 0.2) is 0 Å². The third-order valence-electron chi connectivity index (χ3n) is 3.45. The monoisotopic (exact) mass is 338 g/mol. The maximum Gasteiger partial charge on any atom is 2.00 e.